The minimum Gasteiger partial charge on any atom is -0.478 e. The Morgan fingerprint density at radius 1 is 1.36 bits per heavy atom. The number of carboxylic acids is 1. The van der Waals surface area contributed by atoms with Gasteiger partial charge in [-0.3, -0.25) is 0 Å². The van der Waals surface area contributed by atoms with Gasteiger partial charge in [0, 0.05) is 5.69 Å². The molecule has 0 fully saturated rings. The zero-order chi connectivity index (χ0) is 10.9. The van der Waals surface area contributed by atoms with E-state index in [4.69, 9.17) is 16.0 Å². The summed E-state index contributed by atoms with van der Waals surface area (Å²) in [6.45, 7) is 0. The average molecular weight is 216 g/mol. The van der Waals surface area contributed by atoms with Gasteiger partial charge in [-0.15, -0.1) is 0 Å². The van der Waals surface area contributed by atoms with Gasteiger partial charge in [0.05, 0.1) is 10.5 Å². The van der Waals surface area contributed by atoms with Crippen LogP contribution in [-0.4, -0.2) is 19.5 Å². The van der Waals surface area contributed by atoms with Gasteiger partial charge in [-0.05, 0) is 18.2 Å². The summed E-state index contributed by atoms with van der Waals surface area (Å²) in [4.78, 5) is 10.3. The molecule has 0 saturated carbocycles. The number of benzene rings is 1. The van der Waals surface area contributed by atoms with Crippen LogP contribution in [0.4, 0.5) is 5.69 Å². The molecule has 0 saturated heterocycles. The van der Waals surface area contributed by atoms with Gasteiger partial charge in [-0.2, -0.15) is 0 Å². The van der Waals surface area contributed by atoms with Crippen molar-refractivity contribution in [2.75, 3.05) is 5.73 Å². The van der Waals surface area contributed by atoms with Crippen LogP contribution >= 0.6 is 0 Å². The first-order valence-corrected chi connectivity index (χ1v) is 5.02. The molecule has 6 nitrogen and oxygen atoms in total. The predicted octanol–water partition coefficient (Wildman–Crippen LogP) is -0.386. The maximum Gasteiger partial charge on any atom is 0.337 e. The van der Waals surface area contributed by atoms with E-state index in [2.05, 4.69) is 0 Å². The molecule has 0 aromatic heterocycles. The van der Waals surface area contributed by atoms with Crippen molar-refractivity contribution in [2.45, 2.75) is 4.90 Å². The predicted molar refractivity (Wildman–Crippen MR) is 49.2 cm³/mol. The van der Waals surface area contributed by atoms with Crippen LogP contribution < -0.4 is 10.9 Å². The average Bonchev–Trinajstić information content (AvgIpc) is 2.02. The molecule has 0 aliphatic carbocycles. The van der Waals surface area contributed by atoms with Crippen molar-refractivity contribution in [3.8, 4) is 0 Å². The number of carboxylic acid groups (broad SMARTS) is 1. The summed E-state index contributed by atoms with van der Waals surface area (Å²) in [5.74, 6) is -1.30. The van der Waals surface area contributed by atoms with Gasteiger partial charge >= 0.3 is 5.97 Å². The molecule has 0 aliphatic heterocycles. The SMILES string of the molecule is Nc1ccc(S(N)(=O)=O)cc1C(=O)O. The number of carbonyl (C=O) groups is 1. The molecule has 14 heavy (non-hydrogen) atoms. The summed E-state index contributed by atoms with van der Waals surface area (Å²) in [5, 5.41) is 13.5. The Morgan fingerprint density at radius 2 is 1.93 bits per heavy atom. The molecule has 0 radical (unpaired) electrons. The third-order valence-electron chi connectivity index (χ3n) is 1.58. The molecule has 0 bridgehead atoms. The number of hydrogen-bond acceptors (Lipinski definition) is 4. The van der Waals surface area contributed by atoms with E-state index >= 15 is 0 Å². The lowest BCUT2D eigenvalue weighted by molar-refractivity contribution is 0.0698. The van der Waals surface area contributed by atoms with Crippen molar-refractivity contribution in [1.29, 1.82) is 0 Å². The molecule has 0 unspecified atom stereocenters. The summed E-state index contributed by atoms with van der Waals surface area (Å²) in [6.07, 6.45) is 0. The van der Waals surface area contributed by atoms with Gasteiger partial charge in [0.2, 0.25) is 10.0 Å². The Labute approximate surface area is 80.2 Å². The van der Waals surface area contributed by atoms with E-state index in [1.807, 2.05) is 0 Å². The topological polar surface area (TPSA) is 123 Å². The quantitative estimate of drug-likeness (QED) is 0.581. The lowest BCUT2D eigenvalue weighted by atomic mass is 10.2. The lowest BCUT2D eigenvalue weighted by Gasteiger charge is -2.02. The fourth-order valence-corrected chi connectivity index (χ4v) is 1.44. The Hall–Kier alpha value is -1.60. The molecular weight excluding hydrogens is 208 g/mol. The molecule has 0 amide bonds. The van der Waals surface area contributed by atoms with Crippen LogP contribution in [0.5, 0.6) is 0 Å². The molecular formula is C7H8N2O4S. The fourth-order valence-electron chi connectivity index (χ4n) is 0.898. The van der Waals surface area contributed by atoms with Crippen LogP contribution in [0.15, 0.2) is 23.1 Å². The van der Waals surface area contributed by atoms with Crippen LogP contribution in [0, 0.1) is 0 Å². The highest BCUT2D eigenvalue weighted by atomic mass is 32.2. The Morgan fingerprint density at radius 3 is 2.36 bits per heavy atom. The molecule has 0 heterocycles. The second-order valence-electron chi connectivity index (χ2n) is 2.60. The highest BCUT2D eigenvalue weighted by molar-refractivity contribution is 7.89. The normalized spacial score (nSPS) is 11.2. The number of sulfonamides is 1. The van der Waals surface area contributed by atoms with E-state index < -0.39 is 16.0 Å². The monoisotopic (exact) mass is 216 g/mol. The lowest BCUT2D eigenvalue weighted by Crippen LogP contribution is -2.13. The summed E-state index contributed by atoms with van der Waals surface area (Å²) in [5.41, 5.74) is 5.03. The second-order valence-corrected chi connectivity index (χ2v) is 4.16. The molecule has 0 atom stereocenters. The van der Waals surface area contributed by atoms with E-state index in [0.29, 0.717) is 0 Å². The van der Waals surface area contributed by atoms with E-state index in [1.165, 1.54) is 6.07 Å². The van der Waals surface area contributed by atoms with Crippen LogP contribution in [0.1, 0.15) is 10.4 Å². The Kier molecular flexibility index (Phi) is 2.45. The number of nitrogen functional groups attached to an aromatic ring is 1. The minimum absolute atomic E-state index is 0.00935. The van der Waals surface area contributed by atoms with Crippen LogP contribution in [0.3, 0.4) is 0 Å². The number of primary sulfonamides is 1. The summed E-state index contributed by atoms with van der Waals surface area (Å²) >= 11 is 0. The summed E-state index contributed by atoms with van der Waals surface area (Å²) < 4.78 is 21.7. The van der Waals surface area contributed by atoms with Crippen molar-refractivity contribution in [3.63, 3.8) is 0 Å². The number of rotatable bonds is 2. The number of nitrogens with two attached hydrogens (primary N) is 2. The van der Waals surface area contributed by atoms with Gasteiger partial charge in [0.1, 0.15) is 0 Å². The van der Waals surface area contributed by atoms with E-state index in [0.717, 1.165) is 12.1 Å². The van der Waals surface area contributed by atoms with Gasteiger partial charge in [-0.1, -0.05) is 0 Å². The molecule has 0 aliphatic rings. The number of anilines is 1. The first kappa shape index (κ1) is 10.5. The largest absolute Gasteiger partial charge is 0.478 e. The first-order chi connectivity index (χ1) is 6.32. The highest BCUT2D eigenvalue weighted by Crippen LogP contribution is 2.16. The summed E-state index contributed by atoms with van der Waals surface area (Å²) in [7, 11) is -3.89. The number of hydrogen-bond donors (Lipinski definition) is 3. The molecule has 0 spiro atoms. The fraction of sp³-hybridized carbons (Fsp3) is 0. The molecule has 1 rings (SSSR count). The Bertz CT molecular complexity index is 480. The Balaban J connectivity index is 3.42. The standard InChI is InChI=1S/C7H8N2O4S/c8-6-2-1-4(14(9,12)13)3-5(6)7(10)11/h1-3H,8H2,(H,10,11)(H2,9,12,13). The molecule has 76 valence electrons. The zero-order valence-electron chi connectivity index (χ0n) is 6.97. The van der Waals surface area contributed by atoms with E-state index in [-0.39, 0.29) is 16.1 Å². The van der Waals surface area contributed by atoms with Gasteiger partial charge in [0.15, 0.2) is 0 Å². The third kappa shape index (κ3) is 2.01. The highest BCUT2D eigenvalue weighted by Gasteiger charge is 2.13. The molecule has 1 aromatic carbocycles. The second kappa shape index (κ2) is 3.28. The maximum absolute atomic E-state index is 10.9. The zero-order valence-corrected chi connectivity index (χ0v) is 7.78. The molecule has 1 aromatic rings. The van der Waals surface area contributed by atoms with Gasteiger partial charge in [0.25, 0.3) is 0 Å². The van der Waals surface area contributed by atoms with Crippen molar-refractivity contribution in [1.82, 2.24) is 0 Å². The van der Waals surface area contributed by atoms with Gasteiger partial charge < -0.3 is 10.8 Å². The van der Waals surface area contributed by atoms with Crippen molar-refractivity contribution >= 4 is 21.7 Å². The van der Waals surface area contributed by atoms with Crippen LogP contribution in [0.25, 0.3) is 0 Å². The first-order valence-electron chi connectivity index (χ1n) is 3.48. The molecule has 5 N–H and O–H groups in total. The third-order valence-corrected chi connectivity index (χ3v) is 2.49. The molecule has 7 heteroatoms. The van der Waals surface area contributed by atoms with Crippen LogP contribution in [-0.2, 0) is 10.0 Å². The van der Waals surface area contributed by atoms with E-state index in [9.17, 15) is 13.2 Å². The van der Waals surface area contributed by atoms with Crippen molar-refractivity contribution in [3.05, 3.63) is 23.8 Å². The van der Waals surface area contributed by atoms with Crippen molar-refractivity contribution < 1.29 is 18.3 Å². The van der Waals surface area contributed by atoms with Crippen molar-refractivity contribution in [2.24, 2.45) is 5.14 Å². The van der Waals surface area contributed by atoms with Gasteiger partial charge in [-0.25, -0.2) is 18.4 Å². The maximum atomic E-state index is 10.9. The summed E-state index contributed by atoms with van der Waals surface area (Å²) in [6, 6.07) is 3.26. The van der Waals surface area contributed by atoms with Crippen LogP contribution in [0.2, 0.25) is 0 Å². The minimum atomic E-state index is -3.89. The van der Waals surface area contributed by atoms with E-state index in [1.54, 1.807) is 0 Å². The smallest absolute Gasteiger partial charge is 0.337 e. The number of aromatic carboxylic acids is 1.